The molecule has 0 bridgehead atoms. The van der Waals surface area contributed by atoms with Gasteiger partial charge in [0.2, 0.25) is 0 Å². The molecule has 0 aromatic heterocycles. The van der Waals surface area contributed by atoms with Crippen LogP contribution in [0.15, 0.2) is 136 Å². The van der Waals surface area contributed by atoms with Crippen LogP contribution in [-0.2, 0) is 19.9 Å². The van der Waals surface area contributed by atoms with Crippen LogP contribution >= 0.6 is 23.4 Å². The van der Waals surface area contributed by atoms with E-state index in [9.17, 15) is 45.0 Å². The molecule has 18 heteroatoms. The fourth-order valence-corrected chi connectivity index (χ4v) is 11.7. The van der Waals surface area contributed by atoms with Gasteiger partial charge in [0.1, 0.15) is 4.90 Å². The molecule has 0 radical (unpaired) electrons. The van der Waals surface area contributed by atoms with Crippen LogP contribution in [0, 0.1) is 5.92 Å². The van der Waals surface area contributed by atoms with E-state index in [4.69, 9.17) is 11.6 Å². The zero-order valence-corrected chi connectivity index (χ0v) is 38.4. The van der Waals surface area contributed by atoms with Crippen molar-refractivity contribution in [2.24, 2.45) is 5.92 Å². The number of halogens is 4. The summed E-state index contributed by atoms with van der Waals surface area (Å²) in [5, 5.41) is 24.7. The van der Waals surface area contributed by atoms with Crippen molar-refractivity contribution < 1.29 is 45.0 Å². The van der Waals surface area contributed by atoms with Crippen LogP contribution < -0.4 is 14.9 Å². The maximum absolute atomic E-state index is 14.2. The molecular weight excluding hydrogens is 921 g/mol. The smallest absolute Gasteiger partial charge is 0.395 e. The van der Waals surface area contributed by atoms with E-state index in [1.54, 1.807) is 12.1 Å². The summed E-state index contributed by atoms with van der Waals surface area (Å²) in [5.41, 5.74) is -2.79. The number of aliphatic hydroxyl groups is 2. The van der Waals surface area contributed by atoms with Crippen molar-refractivity contribution in [2.45, 2.75) is 70.5 Å². The molecule has 5 aromatic carbocycles. The number of carbonyl (C=O) groups excluding carboxylic acids is 1. The minimum Gasteiger partial charge on any atom is -0.395 e. The SMILES string of the molecule is O=C(NS(=O)(=O)c1ccc(NC(CSc2ccccc2)C[C@@H]2CCCN2CCO)c(S(=O)(=O)C(F)(F)F)c1)c1ccc(N2CCC(C(O)c3ccccc3-c3ccc(Cl)cc3)CC2)cc1. The Morgan fingerprint density at radius 2 is 1.52 bits per heavy atom. The van der Waals surface area contributed by atoms with Gasteiger partial charge < -0.3 is 20.4 Å². The van der Waals surface area contributed by atoms with Crippen LogP contribution in [-0.4, -0.2) is 94.0 Å². The lowest BCUT2D eigenvalue weighted by Gasteiger charge is -2.36. The van der Waals surface area contributed by atoms with Gasteiger partial charge in [-0.25, -0.2) is 21.6 Å². The van der Waals surface area contributed by atoms with Crippen LogP contribution in [0.4, 0.5) is 24.5 Å². The van der Waals surface area contributed by atoms with Crippen molar-refractivity contribution in [3.8, 4) is 11.1 Å². The highest BCUT2D eigenvalue weighted by Gasteiger charge is 2.48. The number of amides is 1. The van der Waals surface area contributed by atoms with E-state index in [1.807, 2.05) is 83.6 Å². The Hall–Kier alpha value is -4.62. The second-order valence-corrected chi connectivity index (χ2v) is 21.3. The van der Waals surface area contributed by atoms with Crippen molar-refractivity contribution >= 4 is 60.5 Å². The summed E-state index contributed by atoms with van der Waals surface area (Å²) in [7, 11) is -11.0. The number of nitrogens with zero attached hydrogens (tertiary/aromatic N) is 2. The van der Waals surface area contributed by atoms with Gasteiger partial charge in [0, 0.05) is 58.6 Å². The molecule has 2 aliphatic heterocycles. The third-order valence-corrected chi connectivity index (χ3v) is 16.3. The average molecular weight is 972 g/mol. The Morgan fingerprint density at radius 3 is 2.20 bits per heavy atom. The Kier molecular flexibility index (Phi) is 15.5. The number of anilines is 2. The molecule has 1 amide bonds. The van der Waals surface area contributed by atoms with Gasteiger partial charge in [-0.3, -0.25) is 9.69 Å². The first kappa shape index (κ1) is 48.3. The lowest BCUT2D eigenvalue weighted by Crippen LogP contribution is -2.38. The number of sulfonamides is 1. The predicted molar refractivity (Wildman–Crippen MR) is 248 cm³/mol. The number of hydrogen-bond donors (Lipinski definition) is 4. The number of aliphatic hydroxyl groups excluding tert-OH is 2. The van der Waals surface area contributed by atoms with Gasteiger partial charge in [-0.15, -0.1) is 11.8 Å². The first-order valence-corrected chi connectivity index (χ1v) is 25.6. The highest BCUT2D eigenvalue weighted by molar-refractivity contribution is 7.99. The quantitative estimate of drug-likeness (QED) is 0.0661. The summed E-state index contributed by atoms with van der Waals surface area (Å²) in [6.07, 6.45) is 2.67. The topological polar surface area (TPSA) is 156 Å². The number of alkyl halides is 3. The molecule has 2 aliphatic rings. The average Bonchev–Trinajstić information content (AvgIpc) is 3.74. The number of nitrogens with one attached hydrogen (secondary N) is 2. The zero-order valence-electron chi connectivity index (χ0n) is 35.2. The summed E-state index contributed by atoms with van der Waals surface area (Å²) >= 11 is 7.52. The van der Waals surface area contributed by atoms with Crippen LogP contribution in [0.2, 0.25) is 5.02 Å². The fraction of sp³-hybridized carbons (Fsp3) is 0.340. The molecule has 0 aliphatic carbocycles. The largest absolute Gasteiger partial charge is 0.501 e. The molecular formula is C47H50ClF3N4O7S3. The summed E-state index contributed by atoms with van der Waals surface area (Å²) < 4.78 is 97.9. The molecule has 0 saturated carbocycles. The highest BCUT2D eigenvalue weighted by atomic mass is 35.5. The highest BCUT2D eigenvalue weighted by Crippen LogP contribution is 2.39. The normalized spacial score (nSPS) is 17.4. The number of thioether (sulfide) groups is 1. The third kappa shape index (κ3) is 11.7. The Bertz CT molecular complexity index is 2640. The molecule has 5 aromatic rings. The Balaban J connectivity index is 1.04. The van der Waals surface area contributed by atoms with Gasteiger partial charge in [0.05, 0.1) is 23.3 Å². The molecule has 346 valence electrons. The van der Waals surface area contributed by atoms with Crippen LogP contribution in [0.25, 0.3) is 11.1 Å². The van der Waals surface area contributed by atoms with Gasteiger partial charge in [-0.1, -0.05) is 66.2 Å². The molecule has 11 nitrogen and oxygen atoms in total. The van der Waals surface area contributed by atoms with Crippen LogP contribution in [0.5, 0.6) is 0 Å². The molecule has 2 heterocycles. The number of β-amino-alcohol motifs (C(OH)–C–C–N with tert-alkyl or cyclic N) is 1. The van der Waals surface area contributed by atoms with E-state index in [1.165, 1.54) is 23.9 Å². The molecule has 7 rings (SSSR count). The van der Waals surface area contributed by atoms with Crippen molar-refractivity contribution in [3.05, 3.63) is 137 Å². The number of sulfone groups is 1. The van der Waals surface area contributed by atoms with Gasteiger partial charge >= 0.3 is 5.51 Å². The second kappa shape index (κ2) is 20.9. The van der Waals surface area contributed by atoms with Gasteiger partial charge in [-0.05, 0) is 128 Å². The number of benzene rings is 5. The monoisotopic (exact) mass is 970 g/mol. The maximum atomic E-state index is 14.2. The summed E-state index contributed by atoms with van der Waals surface area (Å²) in [5.74, 6) is -0.759. The molecule has 0 spiro atoms. The zero-order chi connectivity index (χ0) is 46.4. The number of likely N-dealkylation sites (tertiary alicyclic amines) is 1. The lowest BCUT2D eigenvalue weighted by atomic mass is 9.84. The van der Waals surface area contributed by atoms with Crippen LogP contribution in [0.1, 0.15) is 54.1 Å². The van der Waals surface area contributed by atoms with Crippen LogP contribution in [0.3, 0.4) is 0 Å². The molecule has 3 atom stereocenters. The Morgan fingerprint density at radius 1 is 0.846 bits per heavy atom. The van der Waals surface area contributed by atoms with Crippen molar-refractivity contribution in [3.63, 3.8) is 0 Å². The molecule has 65 heavy (non-hydrogen) atoms. The van der Waals surface area contributed by atoms with Gasteiger partial charge in [0.25, 0.3) is 25.8 Å². The van der Waals surface area contributed by atoms with E-state index in [0.717, 1.165) is 58.8 Å². The number of piperidine rings is 1. The number of hydrogen-bond acceptors (Lipinski definition) is 11. The Labute approximate surface area is 387 Å². The minimum atomic E-state index is -6.10. The molecule has 4 N–H and O–H groups in total. The third-order valence-electron chi connectivity index (χ3n) is 12.0. The second-order valence-electron chi connectivity index (χ2n) is 16.2. The molecule has 2 unspecified atom stereocenters. The maximum Gasteiger partial charge on any atom is 0.501 e. The van der Waals surface area contributed by atoms with Gasteiger partial charge in [-0.2, -0.15) is 13.2 Å². The van der Waals surface area contributed by atoms with Crippen molar-refractivity contribution in [1.82, 2.24) is 9.62 Å². The molecule has 2 saturated heterocycles. The summed E-state index contributed by atoms with van der Waals surface area (Å²) in [4.78, 5) is 16.3. The van der Waals surface area contributed by atoms with Gasteiger partial charge in [0.15, 0.2) is 0 Å². The summed E-state index contributed by atoms with van der Waals surface area (Å²) in [6, 6.07) is 32.4. The standard InChI is InChI=1S/C47H50ClF3N4O7S3/c48-35-16-12-32(13-17-35)41-10-4-5-11-42(41)45(57)33-22-25-55(26-23-33)37-18-14-34(15-19-37)46(58)53-65(61,62)40-20-21-43(44(30-40)64(59,60)47(49,50)51)52-36(31-63-39-8-2-1-3-9-39)29-38-7-6-24-54(38)27-28-56/h1-5,8-21,30,33,36,38,45,52,56-57H,6-7,22-29,31H2,(H,53,58)/t36?,38-,45?/m0/s1. The predicted octanol–water partition coefficient (Wildman–Crippen LogP) is 8.79. The fourth-order valence-electron chi connectivity index (χ4n) is 8.59. The number of rotatable bonds is 17. The van der Waals surface area contributed by atoms with E-state index >= 15 is 0 Å². The van der Waals surface area contributed by atoms with E-state index in [2.05, 4.69) is 15.1 Å². The van der Waals surface area contributed by atoms with E-state index in [0.29, 0.717) is 55.7 Å². The first-order valence-electron chi connectivity index (χ1n) is 21.2. The lowest BCUT2D eigenvalue weighted by molar-refractivity contribution is -0.0435. The number of carbonyl (C=O) groups is 1. The molecule has 2 fully saturated rings. The van der Waals surface area contributed by atoms with Crippen molar-refractivity contribution in [1.29, 1.82) is 0 Å². The summed E-state index contributed by atoms with van der Waals surface area (Å²) in [6.45, 7) is 2.28. The minimum absolute atomic E-state index is 0.0215. The van der Waals surface area contributed by atoms with E-state index < -0.39 is 58.9 Å². The van der Waals surface area contributed by atoms with E-state index in [-0.39, 0.29) is 24.1 Å². The van der Waals surface area contributed by atoms with Crippen molar-refractivity contribution in [2.75, 3.05) is 48.8 Å². The first-order chi connectivity index (χ1) is 31.0.